The summed E-state index contributed by atoms with van der Waals surface area (Å²) in [5.74, 6) is -1.56. The minimum Gasteiger partial charge on any atom is -0.480 e. The average Bonchev–Trinajstić information content (AvgIpc) is 3.32. The Balaban J connectivity index is 1.45. The number of benzene rings is 2. The Labute approximate surface area is 203 Å². The Morgan fingerprint density at radius 1 is 1.06 bits per heavy atom. The van der Waals surface area contributed by atoms with E-state index in [4.69, 9.17) is 4.74 Å². The second-order valence-corrected chi connectivity index (χ2v) is 9.44. The highest BCUT2D eigenvalue weighted by Crippen LogP contribution is 2.44. The van der Waals surface area contributed by atoms with Crippen molar-refractivity contribution in [1.82, 2.24) is 14.7 Å². The maximum atomic E-state index is 13.0. The van der Waals surface area contributed by atoms with Crippen molar-refractivity contribution in [3.05, 3.63) is 71.4 Å². The molecule has 0 fully saturated rings. The zero-order valence-electron chi connectivity index (χ0n) is 20.1. The van der Waals surface area contributed by atoms with Crippen LogP contribution < -0.4 is 5.32 Å². The fourth-order valence-corrected chi connectivity index (χ4v) is 4.35. The maximum absolute atomic E-state index is 13.0. The quantitative estimate of drug-likeness (QED) is 0.554. The molecule has 2 amide bonds. The summed E-state index contributed by atoms with van der Waals surface area (Å²) in [7, 11) is 1.55. The average molecular weight is 477 g/mol. The normalized spacial score (nSPS) is 12.6. The monoisotopic (exact) mass is 476 g/mol. The molecule has 0 aliphatic heterocycles. The van der Waals surface area contributed by atoms with Crippen molar-refractivity contribution in [2.75, 3.05) is 18.5 Å². The summed E-state index contributed by atoms with van der Waals surface area (Å²) in [5.41, 5.74) is 3.90. The summed E-state index contributed by atoms with van der Waals surface area (Å²) in [5, 5.41) is 16.0. The van der Waals surface area contributed by atoms with Crippen LogP contribution in [0.25, 0.3) is 11.1 Å². The number of aliphatic carboxylic acids is 1. The van der Waals surface area contributed by atoms with E-state index in [9.17, 15) is 19.5 Å². The summed E-state index contributed by atoms with van der Waals surface area (Å²) in [6.07, 6.45) is -0.692. The minimum absolute atomic E-state index is 0.0783. The SMILES string of the molecule is Cn1nc(NC(=O)OCC2c3ccccc3-c3ccccc32)cc1C(=O)N(CC(=O)O)C(C)(C)C. The van der Waals surface area contributed by atoms with Crippen molar-refractivity contribution in [3.63, 3.8) is 0 Å². The first kappa shape index (κ1) is 24.0. The molecule has 1 aliphatic rings. The first-order valence-corrected chi connectivity index (χ1v) is 11.3. The van der Waals surface area contributed by atoms with Crippen LogP contribution in [0.3, 0.4) is 0 Å². The predicted octanol–water partition coefficient (Wildman–Crippen LogP) is 4.11. The van der Waals surface area contributed by atoms with E-state index in [2.05, 4.69) is 22.5 Å². The number of fused-ring (bicyclic) bond motifs is 3. The highest BCUT2D eigenvalue weighted by Gasteiger charge is 2.32. The Morgan fingerprint density at radius 3 is 2.17 bits per heavy atom. The molecule has 0 saturated heterocycles. The van der Waals surface area contributed by atoms with Crippen molar-refractivity contribution in [3.8, 4) is 11.1 Å². The number of hydrogen-bond donors (Lipinski definition) is 2. The lowest BCUT2D eigenvalue weighted by Crippen LogP contribution is -2.48. The molecule has 2 aromatic carbocycles. The van der Waals surface area contributed by atoms with Gasteiger partial charge in [-0.1, -0.05) is 48.5 Å². The Hall–Kier alpha value is -4.14. The van der Waals surface area contributed by atoms with E-state index in [1.54, 1.807) is 27.8 Å². The molecule has 0 atom stereocenters. The van der Waals surface area contributed by atoms with Gasteiger partial charge in [0.25, 0.3) is 5.91 Å². The van der Waals surface area contributed by atoms with Gasteiger partial charge in [0.2, 0.25) is 0 Å². The van der Waals surface area contributed by atoms with Gasteiger partial charge in [-0.2, -0.15) is 5.10 Å². The van der Waals surface area contributed by atoms with Crippen LogP contribution in [-0.4, -0.2) is 56.4 Å². The number of aryl methyl sites for hydroxylation is 1. The highest BCUT2D eigenvalue weighted by atomic mass is 16.5. The van der Waals surface area contributed by atoms with Gasteiger partial charge in [-0.05, 0) is 43.0 Å². The van der Waals surface area contributed by atoms with Crippen molar-refractivity contribution in [2.24, 2.45) is 7.05 Å². The van der Waals surface area contributed by atoms with Crippen molar-refractivity contribution >= 4 is 23.8 Å². The number of carbonyl (C=O) groups excluding carboxylic acids is 2. The number of hydrogen-bond acceptors (Lipinski definition) is 5. The van der Waals surface area contributed by atoms with Gasteiger partial charge in [0.1, 0.15) is 18.8 Å². The Kier molecular flexibility index (Phi) is 6.34. The van der Waals surface area contributed by atoms with Crippen LogP contribution in [0, 0.1) is 0 Å². The number of carbonyl (C=O) groups is 3. The zero-order chi connectivity index (χ0) is 25.3. The molecule has 3 aromatic rings. The number of aromatic nitrogens is 2. The lowest BCUT2D eigenvalue weighted by Gasteiger charge is -2.34. The second kappa shape index (κ2) is 9.25. The molecule has 2 N–H and O–H groups in total. The Bertz CT molecular complexity index is 1250. The number of nitrogens with zero attached hydrogens (tertiary/aromatic N) is 3. The van der Waals surface area contributed by atoms with E-state index < -0.39 is 30.1 Å². The first-order chi connectivity index (χ1) is 16.6. The van der Waals surface area contributed by atoms with Gasteiger partial charge in [0.15, 0.2) is 5.82 Å². The van der Waals surface area contributed by atoms with Crippen molar-refractivity contribution in [1.29, 1.82) is 0 Å². The Morgan fingerprint density at radius 2 is 1.63 bits per heavy atom. The van der Waals surface area contributed by atoms with E-state index in [-0.39, 0.29) is 24.0 Å². The van der Waals surface area contributed by atoms with Gasteiger partial charge in [-0.15, -0.1) is 0 Å². The van der Waals surface area contributed by atoms with Gasteiger partial charge in [-0.25, -0.2) is 4.79 Å². The molecule has 9 heteroatoms. The minimum atomic E-state index is -1.12. The number of ether oxygens (including phenoxy) is 1. The van der Waals surface area contributed by atoms with Crippen LogP contribution >= 0.6 is 0 Å². The first-order valence-electron chi connectivity index (χ1n) is 11.3. The summed E-state index contributed by atoms with van der Waals surface area (Å²) in [6.45, 7) is 4.94. The van der Waals surface area contributed by atoms with Crippen molar-refractivity contribution < 1.29 is 24.2 Å². The molecule has 182 valence electrons. The lowest BCUT2D eigenvalue weighted by atomic mass is 9.98. The van der Waals surface area contributed by atoms with Gasteiger partial charge >= 0.3 is 12.1 Å². The number of amides is 2. The van der Waals surface area contributed by atoms with Crippen molar-refractivity contribution in [2.45, 2.75) is 32.2 Å². The number of carboxylic acid groups (broad SMARTS) is 1. The molecule has 0 radical (unpaired) electrons. The van der Waals surface area contributed by atoms with Gasteiger partial charge in [0.05, 0.1) is 0 Å². The fraction of sp³-hybridized carbons (Fsp3) is 0.308. The molecule has 1 heterocycles. The third-order valence-corrected chi connectivity index (χ3v) is 6.02. The standard InChI is InChI=1S/C26H28N4O5/c1-26(2,3)30(14-23(31)32)24(33)21-13-22(28-29(21)4)27-25(34)35-15-20-18-11-7-5-9-16(18)17-10-6-8-12-19(17)20/h5-13,20H,14-15H2,1-4H3,(H,31,32)(H,27,28,34). The fourth-order valence-electron chi connectivity index (χ4n) is 4.35. The molecule has 0 unspecified atom stereocenters. The second-order valence-electron chi connectivity index (χ2n) is 9.44. The predicted molar refractivity (Wildman–Crippen MR) is 130 cm³/mol. The van der Waals surface area contributed by atoms with Crippen LogP contribution in [0.1, 0.15) is 48.3 Å². The van der Waals surface area contributed by atoms with E-state index >= 15 is 0 Å². The third-order valence-electron chi connectivity index (χ3n) is 6.02. The highest BCUT2D eigenvalue weighted by molar-refractivity contribution is 5.96. The van der Waals surface area contributed by atoms with Gasteiger partial charge in [-0.3, -0.25) is 19.6 Å². The number of carboxylic acids is 1. The van der Waals surface area contributed by atoms with Crippen LogP contribution in [0.15, 0.2) is 54.6 Å². The molecule has 1 aromatic heterocycles. The van der Waals surface area contributed by atoms with E-state index in [1.165, 1.54) is 15.6 Å². The largest absolute Gasteiger partial charge is 0.480 e. The molecule has 4 rings (SSSR count). The molecule has 35 heavy (non-hydrogen) atoms. The molecule has 0 spiro atoms. The van der Waals surface area contributed by atoms with Crippen LogP contribution in [0.4, 0.5) is 10.6 Å². The molecule has 1 aliphatic carbocycles. The molecular weight excluding hydrogens is 448 g/mol. The van der Waals surface area contributed by atoms with E-state index in [0.717, 1.165) is 22.3 Å². The van der Waals surface area contributed by atoms with Crippen LogP contribution in [0.2, 0.25) is 0 Å². The van der Waals surface area contributed by atoms with E-state index in [1.807, 2.05) is 36.4 Å². The topological polar surface area (TPSA) is 114 Å². The summed E-state index contributed by atoms with van der Waals surface area (Å²) >= 11 is 0. The number of rotatable bonds is 6. The molecule has 0 bridgehead atoms. The third kappa shape index (κ3) is 4.89. The summed E-state index contributed by atoms with van der Waals surface area (Å²) in [4.78, 5) is 38.1. The van der Waals surface area contributed by atoms with E-state index in [0.29, 0.717) is 0 Å². The smallest absolute Gasteiger partial charge is 0.412 e. The van der Waals surface area contributed by atoms with Crippen LogP contribution in [0.5, 0.6) is 0 Å². The van der Waals surface area contributed by atoms with Crippen LogP contribution in [-0.2, 0) is 16.6 Å². The maximum Gasteiger partial charge on any atom is 0.412 e. The summed E-state index contributed by atoms with van der Waals surface area (Å²) in [6, 6.07) is 17.5. The molecular formula is C26H28N4O5. The zero-order valence-corrected chi connectivity index (χ0v) is 20.1. The molecule has 9 nitrogen and oxygen atoms in total. The molecule has 0 saturated carbocycles. The summed E-state index contributed by atoms with van der Waals surface area (Å²) < 4.78 is 6.84. The lowest BCUT2D eigenvalue weighted by molar-refractivity contribution is -0.138. The van der Waals surface area contributed by atoms with Gasteiger partial charge in [0, 0.05) is 24.6 Å². The number of nitrogens with one attached hydrogen (secondary N) is 1. The van der Waals surface area contributed by atoms with Gasteiger partial charge < -0.3 is 14.7 Å². The number of anilines is 1.